The lowest BCUT2D eigenvalue weighted by molar-refractivity contribution is 0.0527. The summed E-state index contributed by atoms with van der Waals surface area (Å²) in [4.78, 5) is 4.88. The maximum Gasteiger partial charge on any atom is 0.137 e. The molecule has 4 aromatic carbocycles. The topological polar surface area (TPSA) is 52.8 Å². The molecule has 0 amide bonds. The molecule has 2 N–H and O–H groups in total. The minimum atomic E-state index is -1.36. The highest BCUT2D eigenvalue weighted by Crippen LogP contribution is 2.37. The Balaban J connectivity index is 1.87. The highest BCUT2D eigenvalue weighted by atomic mass is 16.3. The molecule has 0 saturated carbocycles. The number of nitrogens with zero attached hydrogens (tertiary/aromatic N) is 1. The van der Waals surface area contributed by atoms with Gasteiger partial charge in [0, 0.05) is 11.8 Å². The number of para-hydroxylation sites is 1. The third-order valence-electron chi connectivity index (χ3n) is 6.07. The molecule has 0 unspecified atom stereocenters. The molecule has 3 heteroatoms. The first-order valence-electron chi connectivity index (χ1n) is 11.2. The molecule has 0 aliphatic carbocycles. The third-order valence-corrected chi connectivity index (χ3v) is 6.07. The highest BCUT2D eigenvalue weighted by molar-refractivity contribution is 5.83. The Hall–Kier alpha value is -3.69. The van der Waals surface area contributed by atoms with E-state index in [1.54, 1.807) is 18.3 Å². The Morgan fingerprint density at radius 2 is 1.24 bits per heavy atom. The number of aromatic hydroxyl groups is 1. The van der Waals surface area contributed by atoms with Crippen molar-refractivity contribution in [2.45, 2.75) is 31.9 Å². The van der Waals surface area contributed by atoms with Gasteiger partial charge in [-0.2, -0.15) is 0 Å². The predicted octanol–water partition coefficient (Wildman–Crippen LogP) is 5.98. The summed E-state index contributed by atoms with van der Waals surface area (Å²) in [6.45, 7) is 4.07. The van der Waals surface area contributed by atoms with Crippen molar-refractivity contribution in [2.75, 3.05) is 0 Å². The molecule has 0 aliphatic rings. The number of benzene rings is 4. The van der Waals surface area contributed by atoms with E-state index >= 15 is 0 Å². The molecule has 0 spiro atoms. The van der Waals surface area contributed by atoms with Crippen LogP contribution in [0.4, 0.5) is 0 Å². The second kappa shape index (κ2) is 9.85. The number of aryl methyl sites for hydroxylation is 2. The number of phenolic OH excluding ortho intramolecular Hbond substituents is 1. The zero-order chi connectivity index (χ0) is 23.3. The second-order valence-corrected chi connectivity index (χ2v) is 8.54. The van der Waals surface area contributed by atoms with Gasteiger partial charge < -0.3 is 10.2 Å². The molecule has 4 rings (SSSR count). The minimum absolute atomic E-state index is 0.161. The van der Waals surface area contributed by atoms with Gasteiger partial charge in [-0.25, -0.2) is 0 Å². The maximum atomic E-state index is 12.4. The molecule has 0 heterocycles. The molecule has 1 atom stereocenters. The average Bonchev–Trinajstić information content (AvgIpc) is 2.84. The van der Waals surface area contributed by atoms with Gasteiger partial charge in [0.05, 0.1) is 6.04 Å². The van der Waals surface area contributed by atoms with Crippen LogP contribution in [0.15, 0.2) is 108 Å². The lowest BCUT2D eigenvalue weighted by Crippen LogP contribution is -2.41. The van der Waals surface area contributed by atoms with E-state index in [0.29, 0.717) is 12.0 Å². The Bertz CT molecular complexity index is 1170. The molecule has 166 valence electrons. The summed E-state index contributed by atoms with van der Waals surface area (Å²) in [6, 6.07) is 32.6. The number of rotatable bonds is 7. The van der Waals surface area contributed by atoms with Crippen LogP contribution in [0.3, 0.4) is 0 Å². The Morgan fingerprint density at radius 3 is 1.79 bits per heavy atom. The van der Waals surface area contributed by atoms with Crippen LogP contribution in [-0.4, -0.2) is 22.5 Å². The van der Waals surface area contributed by atoms with Gasteiger partial charge >= 0.3 is 0 Å². The number of hydrogen-bond donors (Lipinski definition) is 2. The van der Waals surface area contributed by atoms with Crippen LogP contribution in [0.1, 0.15) is 33.4 Å². The molecule has 3 nitrogen and oxygen atoms in total. The SMILES string of the molecule is Cc1ccc(C(O)(c2ccc(C)cc2)[C@H](Cc2ccccc2)N=Cc2ccccc2O)cc1. The zero-order valence-corrected chi connectivity index (χ0v) is 19.0. The van der Waals surface area contributed by atoms with Gasteiger partial charge in [-0.3, -0.25) is 4.99 Å². The van der Waals surface area contributed by atoms with E-state index in [0.717, 1.165) is 27.8 Å². The molecule has 0 fully saturated rings. The fourth-order valence-corrected chi connectivity index (χ4v) is 4.08. The van der Waals surface area contributed by atoms with Crippen LogP contribution in [-0.2, 0) is 12.0 Å². The van der Waals surface area contributed by atoms with Crippen molar-refractivity contribution in [3.8, 4) is 5.75 Å². The minimum Gasteiger partial charge on any atom is -0.507 e. The number of aliphatic imine (C=N–C) groups is 1. The summed E-state index contributed by atoms with van der Waals surface area (Å²) in [5.74, 6) is 0.161. The molecular formula is C30H29NO2. The highest BCUT2D eigenvalue weighted by Gasteiger charge is 2.40. The predicted molar refractivity (Wildman–Crippen MR) is 135 cm³/mol. The first kappa shape index (κ1) is 22.5. The quantitative estimate of drug-likeness (QED) is 0.351. The van der Waals surface area contributed by atoms with Crippen molar-refractivity contribution in [3.63, 3.8) is 0 Å². The van der Waals surface area contributed by atoms with Crippen molar-refractivity contribution < 1.29 is 10.2 Å². The number of phenols is 1. The molecule has 0 radical (unpaired) electrons. The summed E-state index contributed by atoms with van der Waals surface area (Å²) in [6.07, 6.45) is 2.19. The largest absolute Gasteiger partial charge is 0.507 e. The molecule has 0 bridgehead atoms. The van der Waals surface area contributed by atoms with Crippen LogP contribution in [0.2, 0.25) is 0 Å². The molecular weight excluding hydrogens is 406 g/mol. The van der Waals surface area contributed by atoms with Gasteiger partial charge in [0.25, 0.3) is 0 Å². The summed E-state index contributed by atoms with van der Waals surface area (Å²) < 4.78 is 0. The molecule has 0 aliphatic heterocycles. The van der Waals surface area contributed by atoms with E-state index in [1.165, 1.54) is 0 Å². The van der Waals surface area contributed by atoms with E-state index in [9.17, 15) is 10.2 Å². The van der Waals surface area contributed by atoms with Gasteiger partial charge in [0.15, 0.2) is 0 Å². The van der Waals surface area contributed by atoms with Crippen molar-refractivity contribution in [3.05, 3.63) is 137 Å². The van der Waals surface area contributed by atoms with Crippen molar-refractivity contribution in [1.29, 1.82) is 0 Å². The number of hydrogen-bond acceptors (Lipinski definition) is 3. The van der Waals surface area contributed by atoms with Gasteiger partial charge in [-0.15, -0.1) is 0 Å². The summed E-state index contributed by atoms with van der Waals surface area (Å²) in [5.41, 5.74) is 4.16. The summed E-state index contributed by atoms with van der Waals surface area (Å²) in [5, 5.41) is 22.7. The fraction of sp³-hybridized carbons (Fsp3) is 0.167. The Morgan fingerprint density at radius 1 is 0.727 bits per heavy atom. The zero-order valence-electron chi connectivity index (χ0n) is 19.0. The third kappa shape index (κ3) is 5.05. The number of aliphatic hydroxyl groups is 1. The van der Waals surface area contributed by atoms with E-state index in [4.69, 9.17) is 4.99 Å². The van der Waals surface area contributed by atoms with Crippen LogP contribution >= 0.6 is 0 Å². The first-order valence-corrected chi connectivity index (χ1v) is 11.2. The van der Waals surface area contributed by atoms with E-state index in [1.807, 2.05) is 105 Å². The van der Waals surface area contributed by atoms with Crippen LogP contribution in [0.25, 0.3) is 0 Å². The lowest BCUT2D eigenvalue weighted by Gasteiger charge is -2.35. The fourth-order valence-electron chi connectivity index (χ4n) is 4.08. The van der Waals surface area contributed by atoms with Gasteiger partial charge in [-0.05, 0) is 49.1 Å². The standard InChI is InChI=1S/C30H29NO2/c1-22-12-16-26(17-13-22)30(33,27-18-14-23(2)15-19-27)29(20-24-8-4-3-5-9-24)31-21-25-10-6-7-11-28(25)32/h3-19,21,29,32-33H,20H2,1-2H3/t29-/m0/s1. The Labute approximate surface area is 195 Å². The van der Waals surface area contributed by atoms with Crippen molar-refractivity contribution in [1.82, 2.24) is 0 Å². The van der Waals surface area contributed by atoms with Crippen LogP contribution in [0, 0.1) is 13.8 Å². The molecule has 0 saturated heterocycles. The van der Waals surface area contributed by atoms with E-state index in [-0.39, 0.29) is 5.75 Å². The van der Waals surface area contributed by atoms with Gasteiger partial charge in [-0.1, -0.05) is 102 Å². The summed E-state index contributed by atoms with van der Waals surface area (Å²) >= 11 is 0. The lowest BCUT2D eigenvalue weighted by atomic mass is 9.77. The normalized spacial score (nSPS) is 12.7. The molecule has 4 aromatic rings. The van der Waals surface area contributed by atoms with Crippen LogP contribution in [0.5, 0.6) is 5.75 Å². The van der Waals surface area contributed by atoms with Gasteiger partial charge in [0.1, 0.15) is 11.4 Å². The van der Waals surface area contributed by atoms with Crippen molar-refractivity contribution >= 4 is 6.21 Å². The van der Waals surface area contributed by atoms with E-state index in [2.05, 4.69) is 0 Å². The average molecular weight is 436 g/mol. The first-order chi connectivity index (χ1) is 16.0. The monoisotopic (exact) mass is 435 g/mol. The second-order valence-electron chi connectivity index (χ2n) is 8.54. The van der Waals surface area contributed by atoms with Crippen molar-refractivity contribution in [2.24, 2.45) is 4.99 Å². The maximum absolute atomic E-state index is 12.4. The van der Waals surface area contributed by atoms with E-state index < -0.39 is 11.6 Å². The van der Waals surface area contributed by atoms with Crippen LogP contribution < -0.4 is 0 Å². The smallest absolute Gasteiger partial charge is 0.137 e. The van der Waals surface area contributed by atoms with Gasteiger partial charge in [0.2, 0.25) is 0 Å². The Kier molecular flexibility index (Phi) is 6.71. The molecule has 0 aromatic heterocycles. The molecule has 33 heavy (non-hydrogen) atoms. The summed E-state index contributed by atoms with van der Waals surface area (Å²) in [7, 11) is 0.